The topological polar surface area (TPSA) is 81.0 Å². The molecule has 1 aromatic heterocycles. The second-order valence-electron chi connectivity index (χ2n) is 4.40. The van der Waals surface area contributed by atoms with Gasteiger partial charge in [0.1, 0.15) is 5.82 Å². The van der Waals surface area contributed by atoms with Crippen molar-refractivity contribution in [1.29, 1.82) is 0 Å². The highest BCUT2D eigenvalue weighted by molar-refractivity contribution is 6.44. The van der Waals surface area contributed by atoms with E-state index in [0.29, 0.717) is 11.5 Å². The lowest BCUT2D eigenvalue weighted by atomic mass is 10.2. The summed E-state index contributed by atoms with van der Waals surface area (Å²) in [5.74, 6) is 0.411. The second-order valence-corrected chi connectivity index (χ2v) is 5.50. The van der Waals surface area contributed by atoms with Gasteiger partial charge in [-0.05, 0) is 26.0 Å². The van der Waals surface area contributed by atoms with Gasteiger partial charge in [0.05, 0.1) is 4.92 Å². The van der Waals surface area contributed by atoms with Gasteiger partial charge in [-0.3, -0.25) is 10.1 Å². The molecule has 110 valence electrons. The van der Waals surface area contributed by atoms with Crippen molar-refractivity contribution in [2.45, 2.75) is 18.7 Å². The Bertz CT molecular complexity index is 675. The summed E-state index contributed by atoms with van der Waals surface area (Å²) in [5.41, 5.74) is 1.41. The van der Waals surface area contributed by atoms with Crippen molar-refractivity contribution >= 4 is 40.4 Å². The van der Waals surface area contributed by atoms with Crippen LogP contribution in [0, 0.1) is 24.0 Å². The maximum Gasteiger partial charge on any atom is 0.335 e. The summed E-state index contributed by atoms with van der Waals surface area (Å²) in [7, 11) is 0. The molecule has 0 bridgehead atoms. The molecule has 1 aromatic carbocycles. The van der Waals surface area contributed by atoms with Gasteiger partial charge in [0, 0.05) is 5.69 Å². The first kappa shape index (κ1) is 15.5. The van der Waals surface area contributed by atoms with Crippen molar-refractivity contribution in [1.82, 2.24) is 9.97 Å². The van der Waals surface area contributed by atoms with Crippen molar-refractivity contribution in [3.05, 3.63) is 51.5 Å². The third-order valence-electron chi connectivity index (χ3n) is 2.73. The SMILES string of the molecule is Cc1ccc(Nc2nc(C)nc(C(Cl)Cl)c2[N+](=O)[O-])cc1. The van der Waals surface area contributed by atoms with Crippen LogP contribution in [0.25, 0.3) is 0 Å². The van der Waals surface area contributed by atoms with E-state index >= 15 is 0 Å². The Morgan fingerprint density at radius 1 is 1.19 bits per heavy atom. The van der Waals surface area contributed by atoms with Crippen molar-refractivity contribution < 1.29 is 4.92 Å². The van der Waals surface area contributed by atoms with E-state index in [1.54, 1.807) is 19.1 Å². The molecule has 0 aliphatic carbocycles. The summed E-state index contributed by atoms with van der Waals surface area (Å²) < 4.78 is 0. The van der Waals surface area contributed by atoms with E-state index in [-0.39, 0.29) is 17.2 Å². The van der Waals surface area contributed by atoms with Crippen LogP contribution in [0.5, 0.6) is 0 Å². The van der Waals surface area contributed by atoms with Gasteiger partial charge in [0.15, 0.2) is 10.5 Å². The van der Waals surface area contributed by atoms with E-state index in [2.05, 4.69) is 15.3 Å². The van der Waals surface area contributed by atoms with E-state index < -0.39 is 9.76 Å². The maximum absolute atomic E-state index is 11.3. The van der Waals surface area contributed by atoms with Crippen LogP contribution in [-0.2, 0) is 0 Å². The molecular formula is C13H12Cl2N4O2. The molecule has 0 radical (unpaired) electrons. The molecule has 0 saturated heterocycles. The number of halogens is 2. The average Bonchev–Trinajstić information content (AvgIpc) is 2.40. The Hall–Kier alpha value is -1.92. The molecule has 21 heavy (non-hydrogen) atoms. The Kier molecular flexibility index (Phi) is 4.59. The van der Waals surface area contributed by atoms with Gasteiger partial charge in [0.25, 0.3) is 0 Å². The molecule has 0 aliphatic heterocycles. The van der Waals surface area contributed by atoms with Crippen LogP contribution in [0.1, 0.15) is 21.9 Å². The number of benzene rings is 1. The number of rotatable bonds is 4. The smallest absolute Gasteiger partial charge is 0.334 e. The first-order chi connectivity index (χ1) is 9.88. The summed E-state index contributed by atoms with van der Waals surface area (Å²) in [4.78, 5) is 17.6. The first-order valence-electron chi connectivity index (χ1n) is 6.03. The maximum atomic E-state index is 11.3. The Morgan fingerprint density at radius 2 is 1.81 bits per heavy atom. The van der Waals surface area contributed by atoms with Crippen LogP contribution in [0.4, 0.5) is 17.2 Å². The van der Waals surface area contributed by atoms with Crippen LogP contribution in [0.2, 0.25) is 0 Å². The van der Waals surface area contributed by atoms with Crippen LogP contribution in [0.15, 0.2) is 24.3 Å². The number of anilines is 2. The molecule has 0 fully saturated rings. The second kappa shape index (κ2) is 6.24. The Labute approximate surface area is 131 Å². The summed E-state index contributed by atoms with van der Waals surface area (Å²) in [6, 6.07) is 7.37. The zero-order valence-electron chi connectivity index (χ0n) is 11.3. The van der Waals surface area contributed by atoms with Gasteiger partial charge in [-0.15, -0.1) is 0 Å². The molecule has 0 saturated carbocycles. The normalized spacial score (nSPS) is 10.7. The molecule has 2 aromatic rings. The molecule has 0 atom stereocenters. The average molecular weight is 327 g/mol. The number of hydrogen-bond donors (Lipinski definition) is 1. The molecule has 0 unspecified atom stereocenters. The third kappa shape index (κ3) is 3.59. The lowest BCUT2D eigenvalue weighted by Gasteiger charge is -2.10. The van der Waals surface area contributed by atoms with Crippen LogP contribution in [-0.4, -0.2) is 14.9 Å². The first-order valence-corrected chi connectivity index (χ1v) is 6.90. The number of nitrogens with one attached hydrogen (secondary N) is 1. The highest BCUT2D eigenvalue weighted by atomic mass is 35.5. The molecule has 0 aliphatic rings. The van der Waals surface area contributed by atoms with Crippen molar-refractivity contribution in [2.75, 3.05) is 5.32 Å². The van der Waals surface area contributed by atoms with E-state index in [0.717, 1.165) is 5.56 Å². The number of nitrogens with zero attached hydrogens (tertiary/aromatic N) is 3. The lowest BCUT2D eigenvalue weighted by Crippen LogP contribution is -2.07. The monoisotopic (exact) mass is 326 g/mol. The van der Waals surface area contributed by atoms with Gasteiger partial charge < -0.3 is 5.32 Å². The van der Waals surface area contributed by atoms with Gasteiger partial charge in [-0.25, -0.2) is 9.97 Å². The molecule has 0 spiro atoms. The van der Waals surface area contributed by atoms with Crippen LogP contribution in [0.3, 0.4) is 0 Å². The minimum absolute atomic E-state index is 0.0227. The molecule has 1 N–H and O–H groups in total. The predicted octanol–water partition coefficient (Wildman–Crippen LogP) is 4.22. The molecule has 8 heteroatoms. The molecule has 1 heterocycles. The summed E-state index contributed by atoms with van der Waals surface area (Å²) in [6.07, 6.45) is 0. The third-order valence-corrected chi connectivity index (χ3v) is 3.14. The van der Waals surface area contributed by atoms with Crippen LogP contribution < -0.4 is 5.32 Å². The zero-order valence-corrected chi connectivity index (χ0v) is 12.8. The van der Waals surface area contributed by atoms with Crippen LogP contribution >= 0.6 is 23.2 Å². The summed E-state index contributed by atoms with van der Waals surface area (Å²) in [6.45, 7) is 3.56. The molecule has 2 rings (SSSR count). The predicted molar refractivity (Wildman–Crippen MR) is 82.3 cm³/mol. The standard InChI is InChI=1S/C13H12Cl2N4O2/c1-7-3-5-9(6-4-7)18-13-11(19(20)21)10(12(14)15)16-8(2)17-13/h3-6,12H,1-2H3,(H,16,17,18). The fraction of sp³-hybridized carbons (Fsp3) is 0.231. The number of alkyl halides is 2. The van der Waals surface area contributed by atoms with Crippen molar-refractivity contribution in [3.8, 4) is 0 Å². The highest BCUT2D eigenvalue weighted by Gasteiger charge is 2.27. The van der Waals surface area contributed by atoms with Gasteiger partial charge in [0.2, 0.25) is 5.82 Å². The zero-order chi connectivity index (χ0) is 15.6. The summed E-state index contributed by atoms with van der Waals surface area (Å²) >= 11 is 11.5. The van der Waals surface area contributed by atoms with Gasteiger partial charge in [-0.1, -0.05) is 40.9 Å². The minimum Gasteiger partial charge on any atom is -0.334 e. The van der Waals surface area contributed by atoms with E-state index in [4.69, 9.17) is 23.2 Å². The summed E-state index contributed by atoms with van der Waals surface area (Å²) in [5, 5.41) is 14.2. The molecule has 6 nitrogen and oxygen atoms in total. The largest absolute Gasteiger partial charge is 0.335 e. The highest BCUT2D eigenvalue weighted by Crippen LogP contribution is 2.36. The number of aryl methyl sites for hydroxylation is 2. The van der Waals surface area contributed by atoms with Crippen molar-refractivity contribution in [2.24, 2.45) is 0 Å². The molecule has 0 amide bonds. The van der Waals surface area contributed by atoms with Gasteiger partial charge in [-0.2, -0.15) is 0 Å². The van der Waals surface area contributed by atoms with Gasteiger partial charge >= 0.3 is 5.69 Å². The number of hydrogen-bond acceptors (Lipinski definition) is 5. The van der Waals surface area contributed by atoms with Crippen molar-refractivity contribution in [3.63, 3.8) is 0 Å². The fourth-order valence-electron chi connectivity index (χ4n) is 1.78. The van der Waals surface area contributed by atoms with E-state index in [1.807, 2.05) is 19.1 Å². The quantitative estimate of drug-likeness (QED) is 0.516. The Morgan fingerprint density at radius 3 is 2.33 bits per heavy atom. The number of aromatic nitrogens is 2. The van der Waals surface area contributed by atoms with E-state index in [1.165, 1.54) is 0 Å². The molecular weight excluding hydrogens is 315 g/mol. The fourth-order valence-corrected chi connectivity index (χ4v) is 2.09. The van der Waals surface area contributed by atoms with E-state index in [9.17, 15) is 10.1 Å². The lowest BCUT2D eigenvalue weighted by molar-refractivity contribution is -0.385. The minimum atomic E-state index is -1.11. The Balaban J connectivity index is 2.51. The number of nitro groups is 1.